The van der Waals surface area contributed by atoms with Gasteiger partial charge in [0.2, 0.25) is 0 Å². The third kappa shape index (κ3) is 4.08. The highest BCUT2D eigenvalue weighted by Crippen LogP contribution is 2.42. The van der Waals surface area contributed by atoms with Gasteiger partial charge in [-0.25, -0.2) is 0 Å². The van der Waals surface area contributed by atoms with Crippen molar-refractivity contribution in [1.82, 2.24) is 24.8 Å². The van der Waals surface area contributed by atoms with Gasteiger partial charge in [0.1, 0.15) is 0 Å². The molecule has 2 atom stereocenters. The van der Waals surface area contributed by atoms with Gasteiger partial charge in [-0.3, -0.25) is 9.97 Å². The smallest absolute Gasteiger partial charge is 0.170 e. The number of halogens is 1. The normalized spacial score (nSPS) is 17.8. The maximum atomic E-state index is 6.38. The van der Waals surface area contributed by atoms with E-state index in [2.05, 4.69) is 63.7 Å². The van der Waals surface area contributed by atoms with Crippen LogP contribution in [0.5, 0.6) is 0 Å². The molecule has 0 amide bonds. The highest BCUT2D eigenvalue weighted by atomic mass is 35.5. The van der Waals surface area contributed by atoms with Crippen LogP contribution in [0.2, 0.25) is 5.02 Å². The van der Waals surface area contributed by atoms with E-state index in [1.807, 2.05) is 55.0 Å². The number of benzene rings is 1. The van der Waals surface area contributed by atoms with Crippen molar-refractivity contribution in [2.24, 2.45) is 0 Å². The second-order valence-electron chi connectivity index (χ2n) is 8.70. The number of aryl methyl sites for hydroxylation is 2. The Kier molecular flexibility index (Phi) is 6.11. The van der Waals surface area contributed by atoms with Crippen molar-refractivity contribution in [3.8, 4) is 5.69 Å². The van der Waals surface area contributed by atoms with Crippen molar-refractivity contribution in [1.29, 1.82) is 0 Å². The van der Waals surface area contributed by atoms with Crippen LogP contribution in [0.1, 0.15) is 45.9 Å². The first-order valence-electron chi connectivity index (χ1n) is 11.3. The lowest BCUT2D eigenvalue weighted by Gasteiger charge is -2.28. The lowest BCUT2D eigenvalue weighted by molar-refractivity contribution is 0.310. The van der Waals surface area contributed by atoms with E-state index >= 15 is 0 Å². The molecule has 0 spiro atoms. The van der Waals surface area contributed by atoms with Crippen LogP contribution in [0.4, 0.5) is 0 Å². The molecule has 1 N–H and O–H groups in total. The molecule has 1 aliphatic heterocycles. The molecule has 3 aromatic heterocycles. The van der Waals surface area contributed by atoms with Gasteiger partial charge in [0.05, 0.1) is 17.8 Å². The van der Waals surface area contributed by atoms with Crippen LogP contribution in [0.3, 0.4) is 0 Å². The molecule has 5 rings (SSSR count). The molecule has 0 unspecified atom stereocenters. The van der Waals surface area contributed by atoms with Gasteiger partial charge in [-0.05, 0) is 92.1 Å². The summed E-state index contributed by atoms with van der Waals surface area (Å²) in [4.78, 5) is 11.1. The highest BCUT2D eigenvalue weighted by molar-refractivity contribution is 7.80. The predicted octanol–water partition coefficient (Wildman–Crippen LogP) is 6.02. The fourth-order valence-corrected chi connectivity index (χ4v) is 5.35. The fourth-order valence-electron chi connectivity index (χ4n) is 4.88. The SMILES string of the molecule is Cc1ccc(Cl)cc1-n1c(C)cc([C@H]2[C@H](c3ccccn3)NC(=S)N2Cc2ccncc2)c1C. The lowest BCUT2D eigenvalue weighted by Crippen LogP contribution is -2.29. The average molecular weight is 488 g/mol. The lowest BCUT2D eigenvalue weighted by atomic mass is 9.96. The molecule has 0 radical (unpaired) electrons. The summed E-state index contributed by atoms with van der Waals surface area (Å²) in [6, 6.07) is 18.3. The molecule has 1 aliphatic rings. The summed E-state index contributed by atoms with van der Waals surface area (Å²) in [5.41, 5.74) is 7.93. The number of nitrogens with one attached hydrogen (secondary N) is 1. The third-order valence-corrected chi connectivity index (χ3v) is 7.09. The number of rotatable bonds is 5. The second-order valence-corrected chi connectivity index (χ2v) is 9.53. The number of thiocarbonyl (C=S) groups is 1. The summed E-state index contributed by atoms with van der Waals surface area (Å²) in [6.07, 6.45) is 5.48. The van der Waals surface area contributed by atoms with Crippen molar-refractivity contribution < 1.29 is 0 Å². The van der Waals surface area contributed by atoms with Crippen LogP contribution < -0.4 is 5.32 Å². The van der Waals surface area contributed by atoms with Gasteiger partial charge in [-0.1, -0.05) is 23.7 Å². The van der Waals surface area contributed by atoms with Gasteiger partial charge >= 0.3 is 0 Å². The zero-order chi connectivity index (χ0) is 23.8. The first kappa shape index (κ1) is 22.6. The van der Waals surface area contributed by atoms with E-state index in [1.165, 1.54) is 16.8 Å². The largest absolute Gasteiger partial charge is 0.352 e. The Bertz CT molecular complexity index is 1340. The molecule has 1 aromatic carbocycles. The molecule has 1 saturated heterocycles. The molecule has 4 heterocycles. The van der Waals surface area contributed by atoms with Gasteiger partial charge in [0, 0.05) is 47.2 Å². The van der Waals surface area contributed by atoms with E-state index in [-0.39, 0.29) is 12.1 Å². The Hall–Kier alpha value is -3.22. The van der Waals surface area contributed by atoms with Crippen LogP contribution in [0.15, 0.2) is 73.2 Å². The number of hydrogen-bond acceptors (Lipinski definition) is 3. The molecule has 0 saturated carbocycles. The molecule has 34 heavy (non-hydrogen) atoms. The number of nitrogens with zero attached hydrogens (tertiary/aromatic N) is 4. The summed E-state index contributed by atoms with van der Waals surface area (Å²) >= 11 is 12.2. The van der Waals surface area contributed by atoms with E-state index in [1.54, 1.807) is 0 Å². The zero-order valence-corrected chi connectivity index (χ0v) is 20.9. The molecule has 0 bridgehead atoms. The third-order valence-electron chi connectivity index (χ3n) is 6.50. The summed E-state index contributed by atoms with van der Waals surface area (Å²) in [5.74, 6) is 0. The summed E-state index contributed by atoms with van der Waals surface area (Å²) in [6.45, 7) is 7.11. The van der Waals surface area contributed by atoms with Crippen LogP contribution in [-0.2, 0) is 6.54 Å². The van der Waals surface area contributed by atoms with E-state index in [0.717, 1.165) is 32.8 Å². The van der Waals surface area contributed by atoms with Crippen LogP contribution >= 0.6 is 23.8 Å². The van der Waals surface area contributed by atoms with Crippen LogP contribution in [0, 0.1) is 20.8 Å². The van der Waals surface area contributed by atoms with Crippen molar-refractivity contribution in [3.05, 3.63) is 112 Å². The molecule has 172 valence electrons. The zero-order valence-electron chi connectivity index (χ0n) is 19.4. The molecular formula is C27H26ClN5S. The Morgan fingerprint density at radius 3 is 2.53 bits per heavy atom. The van der Waals surface area contributed by atoms with Gasteiger partial charge < -0.3 is 14.8 Å². The molecule has 1 fully saturated rings. The molecule has 0 aliphatic carbocycles. The van der Waals surface area contributed by atoms with Crippen molar-refractivity contribution >= 4 is 28.9 Å². The van der Waals surface area contributed by atoms with Crippen LogP contribution in [-0.4, -0.2) is 24.5 Å². The van der Waals surface area contributed by atoms with E-state index in [4.69, 9.17) is 23.8 Å². The quantitative estimate of drug-likeness (QED) is 0.349. The Morgan fingerprint density at radius 2 is 1.79 bits per heavy atom. The number of aromatic nitrogens is 3. The maximum Gasteiger partial charge on any atom is 0.170 e. The van der Waals surface area contributed by atoms with Gasteiger partial charge in [-0.2, -0.15) is 0 Å². The van der Waals surface area contributed by atoms with Crippen molar-refractivity contribution in [2.75, 3.05) is 0 Å². The standard InChI is InChI=1S/C27H26ClN5S/c1-17-7-8-21(28)15-24(17)33-18(2)14-22(19(33)3)26-25(23-6-4-5-11-30-23)31-27(34)32(26)16-20-9-12-29-13-10-20/h4-15,25-26H,16H2,1-3H3,(H,31,34)/t25-,26-/m0/s1. The summed E-state index contributed by atoms with van der Waals surface area (Å²) in [7, 11) is 0. The first-order valence-corrected chi connectivity index (χ1v) is 12.0. The van der Waals surface area contributed by atoms with E-state index in [0.29, 0.717) is 6.54 Å². The summed E-state index contributed by atoms with van der Waals surface area (Å²) < 4.78 is 2.29. The summed E-state index contributed by atoms with van der Waals surface area (Å²) in [5, 5.41) is 5.00. The monoisotopic (exact) mass is 487 g/mol. The highest BCUT2D eigenvalue weighted by Gasteiger charge is 2.41. The van der Waals surface area contributed by atoms with Gasteiger partial charge in [0.25, 0.3) is 0 Å². The minimum atomic E-state index is -0.0649. The maximum absolute atomic E-state index is 6.38. The van der Waals surface area contributed by atoms with Gasteiger partial charge in [0.15, 0.2) is 5.11 Å². The van der Waals surface area contributed by atoms with E-state index < -0.39 is 0 Å². The molecular weight excluding hydrogens is 462 g/mol. The first-order chi connectivity index (χ1) is 16.4. The fraction of sp³-hybridized carbons (Fsp3) is 0.222. The number of hydrogen-bond donors (Lipinski definition) is 1. The Labute approximate surface area is 210 Å². The van der Waals surface area contributed by atoms with E-state index in [9.17, 15) is 0 Å². The average Bonchev–Trinajstić information content (AvgIpc) is 3.31. The van der Waals surface area contributed by atoms with Crippen LogP contribution in [0.25, 0.3) is 5.69 Å². The predicted molar refractivity (Wildman–Crippen MR) is 140 cm³/mol. The Morgan fingerprint density at radius 1 is 1.00 bits per heavy atom. The van der Waals surface area contributed by atoms with Gasteiger partial charge in [-0.15, -0.1) is 0 Å². The van der Waals surface area contributed by atoms with Crippen molar-refractivity contribution in [3.63, 3.8) is 0 Å². The second kappa shape index (κ2) is 9.20. The number of pyridine rings is 2. The Balaban J connectivity index is 1.64. The minimum absolute atomic E-state index is 0.0185. The molecule has 7 heteroatoms. The van der Waals surface area contributed by atoms with Crippen molar-refractivity contribution in [2.45, 2.75) is 39.4 Å². The topological polar surface area (TPSA) is 46.0 Å². The minimum Gasteiger partial charge on any atom is -0.352 e. The molecule has 5 nitrogen and oxygen atoms in total. The molecule has 4 aromatic rings.